The van der Waals surface area contributed by atoms with Crippen LogP contribution < -0.4 is 0 Å². The molecule has 0 spiro atoms. The van der Waals surface area contributed by atoms with Crippen LogP contribution in [0, 0.1) is 0 Å². The molecule has 1 aromatic rings. The van der Waals surface area contributed by atoms with Crippen LogP contribution in [0.15, 0.2) is 23.4 Å². The Balaban J connectivity index is 1.99. The van der Waals surface area contributed by atoms with E-state index in [1.54, 1.807) is 24.0 Å². The zero-order valence-electron chi connectivity index (χ0n) is 13.3. The number of nitrogens with zero attached hydrogens (tertiary/aromatic N) is 2. The number of esters is 1. The molecule has 1 aromatic heterocycles. The first-order valence-corrected chi connectivity index (χ1v) is 8.26. The monoisotopic (exact) mass is 308 g/mol. The highest BCUT2D eigenvalue weighted by atomic mass is 32.2. The van der Waals surface area contributed by atoms with E-state index >= 15 is 0 Å². The second-order valence-corrected chi connectivity index (χ2v) is 7.83. The van der Waals surface area contributed by atoms with Gasteiger partial charge in [0.05, 0.1) is 10.6 Å². The molecule has 0 unspecified atom stereocenters. The Morgan fingerprint density at radius 1 is 1.38 bits per heavy atom. The van der Waals surface area contributed by atoms with Gasteiger partial charge in [-0.2, -0.15) is 0 Å². The van der Waals surface area contributed by atoms with E-state index in [9.17, 15) is 4.79 Å². The lowest BCUT2D eigenvalue weighted by Gasteiger charge is -2.28. The third kappa shape index (κ3) is 5.32. The fourth-order valence-electron chi connectivity index (χ4n) is 2.21. The SMILES string of the molecule is CN1CCC(Sc2cc(C(=O)OC(C)(C)C)ccn2)CC1. The van der Waals surface area contributed by atoms with Crippen molar-refractivity contribution in [3.05, 3.63) is 23.9 Å². The number of aromatic nitrogens is 1. The molecule has 116 valence electrons. The highest BCUT2D eigenvalue weighted by Crippen LogP contribution is 2.29. The van der Waals surface area contributed by atoms with Crippen LogP contribution in [0.3, 0.4) is 0 Å². The van der Waals surface area contributed by atoms with Crippen molar-refractivity contribution >= 4 is 17.7 Å². The normalized spacial score (nSPS) is 17.7. The highest BCUT2D eigenvalue weighted by Gasteiger charge is 2.20. The summed E-state index contributed by atoms with van der Waals surface area (Å²) in [5, 5.41) is 1.50. The Hall–Kier alpha value is -1.07. The van der Waals surface area contributed by atoms with Gasteiger partial charge < -0.3 is 9.64 Å². The van der Waals surface area contributed by atoms with E-state index < -0.39 is 5.60 Å². The minimum atomic E-state index is -0.471. The molecule has 0 radical (unpaired) electrons. The quantitative estimate of drug-likeness (QED) is 0.802. The third-order valence-corrected chi connectivity index (χ3v) is 4.59. The van der Waals surface area contributed by atoms with Crippen LogP contribution in [-0.4, -0.2) is 46.8 Å². The summed E-state index contributed by atoms with van der Waals surface area (Å²) in [7, 11) is 2.16. The summed E-state index contributed by atoms with van der Waals surface area (Å²) in [6.07, 6.45) is 4.02. The lowest BCUT2D eigenvalue weighted by molar-refractivity contribution is 0.00690. The molecule has 0 aliphatic carbocycles. The first-order chi connectivity index (χ1) is 9.83. The molecule has 1 aliphatic heterocycles. The zero-order valence-corrected chi connectivity index (χ0v) is 14.1. The maximum absolute atomic E-state index is 12.1. The highest BCUT2D eigenvalue weighted by molar-refractivity contribution is 7.99. The van der Waals surface area contributed by atoms with Crippen LogP contribution in [0.25, 0.3) is 0 Å². The number of piperidine rings is 1. The van der Waals surface area contributed by atoms with Gasteiger partial charge in [0.2, 0.25) is 0 Å². The summed E-state index contributed by atoms with van der Waals surface area (Å²) in [4.78, 5) is 18.8. The van der Waals surface area contributed by atoms with Crippen LogP contribution in [0.1, 0.15) is 44.0 Å². The number of ether oxygens (including phenoxy) is 1. The lowest BCUT2D eigenvalue weighted by atomic mass is 10.1. The van der Waals surface area contributed by atoms with Crippen molar-refractivity contribution in [2.45, 2.75) is 49.5 Å². The summed E-state index contributed by atoms with van der Waals surface area (Å²) in [6, 6.07) is 3.56. The predicted octanol–water partition coefficient (Wildman–Crippen LogP) is 3.22. The van der Waals surface area contributed by atoms with E-state index in [1.807, 2.05) is 26.8 Å². The van der Waals surface area contributed by atoms with Gasteiger partial charge in [-0.15, -0.1) is 11.8 Å². The minimum absolute atomic E-state index is 0.282. The van der Waals surface area contributed by atoms with Crippen molar-refractivity contribution in [3.8, 4) is 0 Å². The molecule has 0 amide bonds. The van der Waals surface area contributed by atoms with Crippen LogP contribution in [0.2, 0.25) is 0 Å². The Morgan fingerprint density at radius 2 is 2.05 bits per heavy atom. The molecule has 21 heavy (non-hydrogen) atoms. The van der Waals surface area contributed by atoms with Crippen LogP contribution in [-0.2, 0) is 4.74 Å². The smallest absolute Gasteiger partial charge is 0.338 e. The summed E-state index contributed by atoms with van der Waals surface area (Å²) >= 11 is 1.77. The largest absolute Gasteiger partial charge is 0.456 e. The average Bonchev–Trinajstić information content (AvgIpc) is 2.40. The van der Waals surface area contributed by atoms with Gasteiger partial charge in [0.1, 0.15) is 5.60 Å². The van der Waals surface area contributed by atoms with Gasteiger partial charge in [0.25, 0.3) is 0 Å². The number of hydrogen-bond donors (Lipinski definition) is 0. The molecule has 2 rings (SSSR count). The van der Waals surface area contributed by atoms with E-state index in [2.05, 4.69) is 16.9 Å². The van der Waals surface area contributed by atoms with Gasteiger partial charge >= 0.3 is 5.97 Å². The van der Waals surface area contributed by atoms with Gasteiger partial charge in [-0.1, -0.05) is 0 Å². The Labute approximate surface area is 131 Å². The fourth-order valence-corrected chi connectivity index (χ4v) is 3.32. The van der Waals surface area contributed by atoms with Crippen molar-refractivity contribution < 1.29 is 9.53 Å². The topological polar surface area (TPSA) is 42.4 Å². The number of carbonyl (C=O) groups is 1. The second-order valence-electron chi connectivity index (χ2n) is 6.51. The summed E-state index contributed by atoms with van der Waals surface area (Å²) < 4.78 is 5.40. The van der Waals surface area contributed by atoms with Gasteiger partial charge in [-0.3, -0.25) is 0 Å². The first-order valence-electron chi connectivity index (χ1n) is 7.38. The molecule has 0 saturated carbocycles. The first kappa shape index (κ1) is 16.3. The van der Waals surface area contributed by atoms with Gasteiger partial charge in [-0.05, 0) is 65.9 Å². The fraction of sp³-hybridized carbons (Fsp3) is 0.625. The number of carbonyl (C=O) groups excluding carboxylic acids is 1. The minimum Gasteiger partial charge on any atom is -0.456 e. The average molecular weight is 308 g/mol. The number of pyridine rings is 1. The molecular formula is C16H24N2O2S. The van der Waals surface area contributed by atoms with E-state index in [1.165, 1.54) is 12.8 Å². The standard InChI is InChI=1S/C16H24N2O2S/c1-16(2,3)20-15(19)12-5-8-17-14(11-12)21-13-6-9-18(4)10-7-13/h5,8,11,13H,6-7,9-10H2,1-4H3. The summed E-state index contributed by atoms with van der Waals surface area (Å²) in [5.41, 5.74) is 0.108. The van der Waals surface area contributed by atoms with Crippen LogP contribution in [0.5, 0.6) is 0 Å². The Bertz CT molecular complexity index is 491. The molecule has 1 saturated heterocycles. The van der Waals surface area contributed by atoms with E-state index in [4.69, 9.17) is 4.74 Å². The van der Waals surface area contributed by atoms with E-state index in [0.717, 1.165) is 18.1 Å². The van der Waals surface area contributed by atoms with Crippen LogP contribution >= 0.6 is 11.8 Å². The molecular weight excluding hydrogens is 284 g/mol. The lowest BCUT2D eigenvalue weighted by Crippen LogP contribution is -2.31. The predicted molar refractivity (Wildman–Crippen MR) is 85.8 cm³/mol. The molecule has 1 aliphatic rings. The van der Waals surface area contributed by atoms with Gasteiger partial charge in [0.15, 0.2) is 0 Å². The van der Waals surface area contributed by atoms with Crippen LogP contribution in [0.4, 0.5) is 0 Å². The van der Waals surface area contributed by atoms with Crippen molar-refractivity contribution in [1.82, 2.24) is 9.88 Å². The van der Waals surface area contributed by atoms with Crippen molar-refractivity contribution in [2.75, 3.05) is 20.1 Å². The van der Waals surface area contributed by atoms with Gasteiger partial charge in [0, 0.05) is 11.4 Å². The second kappa shape index (κ2) is 6.79. The van der Waals surface area contributed by atoms with Gasteiger partial charge in [-0.25, -0.2) is 9.78 Å². The van der Waals surface area contributed by atoms with E-state index in [-0.39, 0.29) is 5.97 Å². The third-order valence-electron chi connectivity index (χ3n) is 3.32. The Morgan fingerprint density at radius 3 is 2.67 bits per heavy atom. The molecule has 5 heteroatoms. The molecule has 0 N–H and O–H groups in total. The number of likely N-dealkylation sites (tertiary alicyclic amines) is 1. The summed E-state index contributed by atoms with van der Waals surface area (Å²) in [6.45, 7) is 7.88. The number of thioether (sulfide) groups is 1. The maximum atomic E-state index is 12.1. The molecule has 2 heterocycles. The number of hydrogen-bond acceptors (Lipinski definition) is 5. The van der Waals surface area contributed by atoms with E-state index in [0.29, 0.717) is 10.8 Å². The molecule has 0 bridgehead atoms. The molecule has 1 fully saturated rings. The van der Waals surface area contributed by atoms with Crippen molar-refractivity contribution in [2.24, 2.45) is 0 Å². The zero-order chi connectivity index (χ0) is 15.5. The molecule has 4 nitrogen and oxygen atoms in total. The number of rotatable bonds is 3. The molecule has 0 aromatic carbocycles. The van der Waals surface area contributed by atoms with Crippen molar-refractivity contribution in [3.63, 3.8) is 0 Å². The van der Waals surface area contributed by atoms with Crippen molar-refractivity contribution in [1.29, 1.82) is 0 Å². The Kier molecular flexibility index (Phi) is 5.27. The molecule has 0 atom stereocenters. The summed E-state index contributed by atoms with van der Waals surface area (Å²) in [5.74, 6) is -0.282. The maximum Gasteiger partial charge on any atom is 0.338 e.